The summed E-state index contributed by atoms with van der Waals surface area (Å²) < 4.78 is 22.6. The summed E-state index contributed by atoms with van der Waals surface area (Å²) in [6, 6.07) is 6.47. The zero-order chi connectivity index (χ0) is 16.2. The van der Waals surface area contributed by atoms with Crippen LogP contribution in [0.5, 0.6) is 0 Å². The van der Waals surface area contributed by atoms with E-state index in [1.54, 1.807) is 24.3 Å². The number of nitrogens with one attached hydrogen (secondary N) is 2. The molecule has 0 radical (unpaired) electrons. The van der Waals surface area contributed by atoms with Crippen molar-refractivity contribution < 1.29 is 18.0 Å². The topological polar surface area (TPSA) is 92.3 Å². The van der Waals surface area contributed by atoms with E-state index >= 15 is 0 Å². The highest BCUT2D eigenvalue weighted by Gasteiger charge is 2.32. The van der Waals surface area contributed by atoms with Crippen LogP contribution in [-0.4, -0.2) is 44.8 Å². The molecule has 1 atom stereocenters. The van der Waals surface area contributed by atoms with E-state index in [1.807, 2.05) is 0 Å². The zero-order valence-corrected chi connectivity index (χ0v) is 13.4. The van der Waals surface area contributed by atoms with Crippen molar-refractivity contribution in [1.82, 2.24) is 10.6 Å². The molecule has 22 heavy (non-hydrogen) atoms. The van der Waals surface area contributed by atoms with Gasteiger partial charge in [-0.05, 0) is 30.7 Å². The third-order valence-electron chi connectivity index (χ3n) is 3.42. The smallest absolute Gasteiger partial charge is 0.251 e. The summed E-state index contributed by atoms with van der Waals surface area (Å²) in [6.07, 6.45) is 0.366. The predicted molar refractivity (Wildman–Crippen MR) is 83.6 cm³/mol. The van der Waals surface area contributed by atoms with Gasteiger partial charge in [-0.25, -0.2) is 8.42 Å². The van der Waals surface area contributed by atoms with Crippen LogP contribution in [0.2, 0.25) is 5.02 Å². The molecule has 2 rings (SSSR count). The van der Waals surface area contributed by atoms with Crippen molar-refractivity contribution in [3.63, 3.8) is 0 Å². The fourth-order valence-corrected chi connectivity index (χ4v) is 4.08. The molecule has 2 N–H and O–H groups in total. The lowest BCUT2D eigenvalue weighted by molar-refractivity contribution is -0.124. The minimum absolute atomic E-state index is 0.0678. The summed E-state index contributed by atoms with van der Waals surface area (Å²) in [6.45, 7) is 0.529. The molecule has 1 aliphatic rings. The van der Waals surface area contributed by atoms with Crippen LogP contribution in [0.4, 0.5) is 0 Å². The molecule has 8 heteroatoms. The van der Waals surface area contributed by atoms with Gasteiger partial charge in [-0.2, -0.15) is 0 Å². The zero-order valence-electron chi connectivity index (χ0n) is 11.8. The Balaban J connectivity index is 1.70. The molecule has 1 aromatic rings. The maximum absolute atomic E-state index is 11.8. The van der Waals surface area contributed by atoms with Crippen LogP contribution in [0.25, 0.3) is 0 Å². The number of halogens is 1. The lowest BCUT2D eigenvalue weighted by Gasteiger charge is -2.10. The van der Waals surface area contributed by atoms with E-state index in [1.165, 1.54) is 0 Å². The minimum atomic E-state index is -3.07. The highest BCUT2D eigenvalue weighted by Crippen LogP contribution is 2.18. The van der Waals surface area contributed by atoms with Crippen LogP contribution in [-0.2, 0) is 14.6 Å². The predicted octanol–water partition coefficient (Wildman–Crippen LogP) is 0.621. The molecule has 0 saturated carbocycles. The second kappa shape index (κ2) is 7.11. The standard InChI is InChI=1S/C14H17ClN2O4S/c15-12-3-1-10(2-4-12)13(18)16-6-7-17-14(19)11-5-8-22(20,21)9-11/h1-4,11H,5-9H2,(H,16,18)(H,17,19). The number of rotatable bonds is 5. The molecule has 1 fully saturated rings. The Hall–Kier alpha value is -1.60. The second-order valence-electron chi connectivity index (χ2n) is 5.15. The Morgan fingerprint density at radius 1 is 1.14 bits per heavy atom. The molecule has 120 valence electrons. The molecule has 1 saturated heterocycles. The van der Waals surface area contributed by atoms with Crippen LogP contribution in [0.3, 0.4) is 0 Å². The van der Waals surface area contributed by atoms with Gasteiger partial charge in [0.1, 0.15) is 0 Å². The van der Waals surface area contributed by atoms with Crippen molar-refractivity contribution in [2.75, 3.05) is 24.6 Å². The average molecular weight is 345 g/mol. The summed E-state index contributed by atoms with van der Waals surface area (Å²) in [5.74, 6) is -1.03. The van der Waals surface area contributed by atoms with Crippen LogP contribution in [0.1, 0.15) is 16.8 Å². The molecular weight excluding hydrogens is 328 g/mol. The molecule has 6 nitrogen and oxygen atoms in total. The first-order chi connectivity index (χ1) is 10.4. The van der Waals surface area contributed by atoms with Gasteiger partial charge in [0.25, 0.3) is 5.91 Å². The number of sulfone groups is 1. The van der Waals surface area contributed by atoms with E-state index < -0.39 is 15.8 Å². The number of amides is 2. The summed E-state index contributed by atoms with van der Waals surface area (Å²) in [5, 5.41) is 5.86. The molecule has 0 spiro atoms. The normalized spacial score (nSPS) is 19.6. The van der Waals surface area contributed by atoms with Gasteiger partial charge in [0, 0.05) is 23.7 Å². The van der Waals surface area contributed by atoms with Crippen molar-refractivity contribution >= 4 is 33.3 Å². The van der Waals surface area contributed by atoms with Crippen molar-refractivity contribution in [1.29, 1.82) is 0 Å². The van der Waals surface area contributed by atoms with Gasteiger partial charge < -0.3 is 10.6 Å². The Morgan fingerprint density at radius 3 is 2.36 bits per heavy atom. The van der Waals surface area contributed by atoms with Gasteiger partial charge in [0.2, 0.25) is 5.91 Å². The van der Waals surface area contributed by atoms with Gasteiger partial charge in [0.05, 0.1) is 17.4 Å². The largest absolute Gasteiger partial charge is 0.354 e. The maximum atomic E-state index is 11.8. The highest BCUT2D eigenvalue weighted by atomic mass is 35.5. The molecule has 2 amide bonds. The Bertz CT molecular complexity index is 658. The van der Waals surface area contributed by atoms with Crippen molar-refractivity contribution in [3.8, 4) is 0 Å². The first kappa shape index (κ1) is 16.8. The highest BCUT2D eigenvalue weighted by molar-refractivity contribution is 7.91. The number of hydrogen-bond donors (Lipinski definition) is 2. The minimum Gasteiger partial charge on any atom is -0.354 e. The van der Waals surface area contributed by atoms with Gasteiger partial charge >= 0.3 is 0 Å². The molecule has 0 aromatic heterocycles. The second-order valence-corrected chi connectivity index (χ2v) is 7.82. The van der Waals surface area contributed by atoms with Gasteiger partial charge in [-0.3, -0.25) is 9.59 Å². The number of carbonyl (C=O) groups is 2. The quantitative estimate of drug-likeness (QED) is 0.766. The number of hydrogen-bond acceptors (Lipinski definition) is 4. The van der Waals surface area contributed by atoms with E-state index in [0.29, 0.717) is 17.0 Å². The summed E-state index contributed by atoms with van der Waals surface area (Å²) in [7, 11) is -3.07. The summed E-state index contributed by atoms with van der Waals surface area (Å²) in [5.41, 5.74) is 0.484. The third-order valence-corrected chi connectivity index (χ3v) is 5.44. The lowest BCUT2D eigenvalue weighted by atomic mass is 10.1. The fraction of sp³-hybridized carbons (Fsp3) is 0.429. The Kier molecular flexibility index (Phi) is 5.42. The number of benzene rings is 1. The van der Waals surface area contributed by atoms with Gasteiger partial charge in [-0.15, -0.1) is 0 Å². The van der Waals surface area contributed by atoms with E-state index in [4.69, 9.17) is 11.6 Å². The van der Waals surface area contributed by atoms with E-state index in [-0.39, 0.29) is 36.4 Å². The molecule has 0 aliphatic carbocycles. The van der Waals surface area contributed by atoms with Crippen molar-refractivity contribution in [2.45, 2.75) is 6.42 Å². The Labute approximate surface area is 134 Å². The number of carbonyl (C=O) groups excluding carboxylic acids is 2. The summed E-state index contributed by atoms with van der Waals surface area (Å²) in [4.78, 5) is 23.6. The third kappa shape index (κ3) is 4.71. The summed E-state index contributed by atoms with van der Waals surface area (Å²) >= 11 is 5.74. The lowest BCUT2D eigenvalue weighted by Crippen LogP contribution is -2.37. The van der Waals surface area contributed by atoms with E-state index in [2.05, 4.69) is 10.6 Å². The Morgan fingerprint density at radius 2 is 1.77 bits per heavy atom. The van der Waals surface area contributed by atoms with Crippen LogP contribution >= 0.6 is 11.6 Å². The first-order valence-electron chi connectivity index (χ1n) is 6.89. The SMILES string of the molecule is O=C(NCCNC(=O)C1CCS(=O)(=O)C1)c1ccc(Cl)cc1. The average Bonchev–Trinajstić information content (AvgIpc) is 2.84. The van der Waals surface area contributed by atoms with Crippen molar-refractivity contribution in [2.24, 2.45) is 5.92 Å². The van der Waals surface area contributed by atoms with Gasteiger partial charge in [-0.1, -0.05) is 11.6 Å². The molecular formula is C14H17ClN2O4S. The van der Waals surface area contributed by atoms with E-state index in [0.717, 1.165) is 0 Å². The van der Waals surface area contributed by atoms with Crippen LogP contribution in [0.15, 0.2) is 24.3 Å². The first-order valence-corrected chi connectivity index (χ1v) is 9.09. The molecule has 1 unspecified atom stereocenters. The van der Waals surface area contributed by atoms with Crippen LogP contribution < -0.4 is 10.6 Å². The molecule has 1 aliphatic heterocycles. The van der Waals surface area contributed by atoms with Crippen LogP contribution in [0, 0.1) is 5.92 Å². The monoisotopic (exact) mass is 344 g/mol. The van der Waals surface area contributed by atoms with E-state index in [9.17, 15) is 18.0 Å². The molecule has 1 heterocycles. The van der Waals surface area contributed by atoms with Crippen molar-refractivity contribution in [3.05, 3.63) is 34.9 Å². The molecule has 1 aromatic carbocycles. The maximum Gasteiger partial charge on any atom is 0.251 e. The van der Waals surface area contributed by atoms with Gasteiger partial charge in [0.15, 0.2) is 9.84 Å². The fourth-order valence-electron chi connectivity index (χ4n) is 2.21. The molecule has 0 bridgehead atoms.